The summed E-state index contributed by atoms with van der Waals surface area (Å²) in [6.45, 7) is 0.675. The Morgan fingerprint density at radius 1 is 1.24 bits per heavy atom. The van der Waals surface area contributed by atoms with E-state index in [2.05, 4.69) is 0 Å². The molecule has 0 aromatic heterocycles. The zero-order valence-corrected chi connectivity index (χ0v) is 12.2. The zero-order valence-electron chi connectivity index (χ0n) is 12.2. The van der Waals surface area contributed by atoms with Gasteiger partial charge in [-0.1, -0.05) is 12.1 Å². The summed E-state index contributed by atoms with van der Waals surface area (Å²) in [6.07, 6.45) is 0.903. The van der Waals surface area contributed by atoms with Gasteiger partial charge in [0.05, 0.1) is 14.2 Å². The van der Waals surface area contributed by atoms with Gasteiger partial charge in [0.25, 0.3) is 0 Å². The van der Waals surface area contributed by atoms with E-state index in [0.717, 1.165) is 17.7 Å². The second kappa shape index (κ2) is 6.97. The number of esters is 1. The first-order valence-corrected chi connectivity index (χ1v) is 6.80. The zero-order chi connectivity index (χ0) is 15.2. The quantitative estimate of drug-likeness (QED) is 0.794. The third-order valence-electron chi connectivity index (χ3n) is 3.48. The number of ether oxygens (including phenoxy) is 3. The molecule has 21 heavy (non-hydrogen) atoms. The van der Waals surface area contributed by atoms with Crippen LogP contribution in [0.4, 0.5) is 4.79 Å². The minimum Gasteiger partial charge on any atom is -0.497 e. The molecule has 2 rings (SSSR count). The van der Waals surface area contributed by atoms with Crippen molar-refractivity contribution in [3.63, 3.8) is 0 Å². The highest BCUT2D eigenvalue weighted by molar-refractivity contribution is 5.82. The normalized spacial score (nSPS) is 17.4. The van der Waals surface area contributed by atoms with Crippen molar-refractivity contribution in [3.8, 4) is 5.75 Å². The largest absolute Gasteiger partial charge is 0.497 e. The van der Waals surface area contributed by atoms with Gasteiger partial charge in [-0.2, -0.15) is 0 Å². The predicted molar refractivity (Wildman–Crippen MR) is 74.9 cm³/mol. The molecule has 1 saturated heterocycles. The van der Waals surface area contributed by atoms with Gasteiger partial charge in [0.15, 0.2) is 0 Å². The maximum Gasteiger partial charge on any atom is 0.410 e. The number of rotatable bonds is 4. The van der Waals surface area contributed by atoms with Crippen LogP contribution in [0.3, 0.4) is 0 Å². The lowest BCUT2D eigenvalue weighted by molar-refractivity contribution is -0.145. The van der Waals surface area contributed by atoms with E-state index in [1.54, 1.807) is 19.2 Å². The summed E-state index contributed by atoms with van der Waals surface area (Å²) in [4.78, 5) is 25.1. The van der Waals surface area contributed by atoms with Crippen LogP contribution in [0.15, 0.2) is 24.3 Å². The van der Waals surface area contributed by atoms with Crippen LogP contribution < -0.4 is 4.74 Å². The molecule has 1 aliphatic heterocycles. The van der Waals surface area contributed by atoms with Crippen molar-refractivity contribution in [2.75, 3.05) is 20.8 Å². The summed E-state index contributed by atoms with van der Waals surface area (Å²) in [5, 5.41) is 0. The van der Waals surface area contributed by atoms with Crippen LogP contribution in [0.25, 0.3) is 0 Å². The van der Waals surface area contributed by atoms with Crippen molar-refractivity contribution in [1.29, 1.82) is 0 Å². The molecule has 0 aliphatic carbocycles. The van der Waals surface area contributed by atoms with Crippen molar-refractivity contribution in [2.24, 2.45) is 0 Å². The average molecular weight is 293 g/mol. The van der Waals surface area contributed by atoms with E-state index in [1.165, 1.54) is 12.0 Å². The van der Waals surface area contributed by atoms with Gasteiger partial charge >= 0.3 is 12.1 Å². The second-order valence-corrected chi connectivity index (χ2v) is 4.78. The second-order valence-electron chi connectivity index (χ2n) is 4.78. The van der Waals surface area contributed by atoms with Gasteiger partial charge in [-0.25, -0.2) is 9.59 Å². The van der Waals surface area contributed by atoms with Gasteiger partial charge in [-0.15, -0.1) is 0 Å². The lowest BCUT2D eigenvalue weighted by atomic mass is 10.2. The van der Waals surface area contributed by atoms with Gasteiger partial charge in [0.1, 0.15) is 18.4 Å². The molecule has 0 N–H and O–H groups in total. The summed E-state index contributed by atoms with van der Waals surface area (Å²) in [5.74, 6) is 0.351. The van der Waals surface area contributed by atoms with Gasteiger partial charge in [0.2, 0.25) is 0 Å². The maximum atomic E-state index is 12.0. The maximum absolute atomic E-state index is 12.0. The number of benzene rings is 1. The third kappa shape index (κ3) is 3.65. The van der Waals surface area contributed by atoms with Crippen molar-refractivity contribution >= 4 is 12.1 Å². The highest BCUT2D eigenvalue weighted by Crippen LogP contribution is 2.20. The van der Waals surface area contributed by atoms with E-state index >= 15 is 0 Å². The Balaban J connectivity index is 1.90. The fraction of sp³-hybridized carbons (Fsp3) is 0.467. The van der Waals surface area contributed by atoms with Crippen LogP contribution in [0.1, 0.15) is 18.4 Å². The third-order valence-corrected chi connectivity index (χ3v) is 3.48. The van der Waals surface area contributed by atoms with Crippen molar-refractivity contribution in [3.05, 3.63) is 29.8 Å². The topological polar surface area (TPSA) is 65.1 Å². The molecule has 1 aromatic rings. The predicted octanol–water partition coefficient (Wildman–Crippen LogP) is 1.97. The molecule has 1 heterocycles. The van der Waals surface area contributed by atoms with Gasteiger partial charge in [0, 0.05) is 6.54 Å². The lowest BCUT2D eigenvalue weighted by Crippen LogP contribution is -2.41. The van der Waals surface area contributed by atoms with Crippen LogP contribution in [-0.2, 0) is 20.9 Å². The first-order chi connectivity index (χ1) is 10.2. The van der Waals surface area contributed by atoms with Crippen molar-refractivity contribution in [1.82, 2.24) is 4.90 Å². The SMILES string of the molecule is COC(=O)[C@H]1CCCN1C(=O)OCc1ccc(OC)cc1. The molecule has 0 radical (unpaired) electrons. The summed E-state index contributed by atoms with van der Waals surface area (Å²) in [6, 6.07) is 6.73. The van der Waals surface area contributed by atoms with Crippen LogP contribution in [0, 0.1) is 0 Å². The molecule has 0 saturated carbocycles. The van der Waals surface area contributed by atoms with Crippen molar-refractivity contribution < 1.29 is 23.8 Å². The lowest BCUT2D eigenvalue weighted by Gasteiger charge is -2.21. The molecule has 114 valence electrons. The molecule has 6 heteroatoms. The van der Waals surface area contributed by atoms with E-state index in [1.807, 2.05) is 12.1 Å². The van der Waals surface area contributed by atoms with Gasteiger partial charge < -0.3 is 14.2 Å². The van der Waals surface area contributed by atoms with Crippen molar-refractivity contribution in [2.45, 2.75) is 25.5 Å². The minimum atomic E-state index is -0.529. The molecule has 1 atom stereocenters. The number of likely N-dealkylation sites (tertiary alicyclic amines) is 1. The smallest absolute Gasteiger partial charge is 0.410 e. The first kappa shape index (κ1) is 15.2. The molecule has 0 bridgehead atoms. The Kier molecular flexibility index (Phi) is 5.03. The first-order valence-electron chi connectivity index (χ1n) is 6.80. The summed E-state index contributed by atoms with van der Waals surface area (Å²) in [7, 11) is 2.91. The highest BCUT2D eigenvalue weighted by Gasteiger charge is 2.35. The summed E-state index contributed by atoms with van der Waals surface area (Å²) in [5.41, 5.74) is 0.859. The number of amides is 1. The van der Waals surface area contributed by atoms with E-state index in [4.69, 9.17) is 14.2 Å². The number of carbonyl (C=O) groups excluding carboxylic acids is 2. The van der Waals surface area contributed by atoms with E-state index in [0.29, 0.717) is 13.0 Å². The Hall–Kier alpha value is -2.24. The van der Waals surface area contributed by atoms with Crippen LogP contribution in [0.5, 0.6) is 5.75 Å². The Labute approximate surface area is 123 Å². The standard InChI is InChI=1S/C15H19NO5/c1-19-12-7-5-11(6-8-12)10-21-15(18)16-9-3-4-13(16)14(17)20-2/h5-8,13H,3-4,9-10H2,1-2H3/t13-/m1/s1. The fourth-order valence-electron chi connectivity index (χ4n) is 2.32. The number of hydrogen-bond acceptors (Lipinski definition) is 5. The molecule has 1 aliphatic rings. The highest BCUT2D eigenvalue weighted by atomic mass is 16.6. The molecular formula is C15H19NO5. The number of methoxy groups -OCH3 is 2. The molecule has 0 unspecified atom stereocenters. The molecular weight excluding hydrogens is 274 g/mol. The molecule has 6 nitrogen and oxygen atoms in total. The minimum absolute atomic E-state index is 0.160. The van der Waals surface area contributed by atoms with Crippen LogP contribution in [-0.4, -0.2) is 43.8 Å². The number of hydrogen-bond donors (Lipinski definition) is 0. The Morgan fingerprint density at radius 3 is 2.57 bits per heavy atom. The Morgan fingerprint density at radius 2 is 1.95 bits per heavy atom. The van der Waals surface area contributed by atoms with E-state index < -0.39 is 18.1 Å². The van der Waals surface area contributed by atoms with Crippen LogP contribution in [0.2, 0.25) is 0 Å². The van der Waals surface area contributed by atoms with E-state index in [9.17, 15) is 9.59 Å². The molecule has 1 amide bonds. The number of carbonyl (C=O) groups is 2. The van der Waals surface area contributed by atoms with Gasteiger partial charge in [-0.3, -0.25) is 4.90 Å². The Bertz CT molecular complexity index is 499. The van der Waals surface area contributed by atoms with Gasteiger partial charge in [-0.05, 0) is 30.5 Å². The number of nitrogens with zero attached hydrogens (tertiary/aromatic N) is 1. The van der Waals surface area contributed by atoms with E-state index in [-0.39, 0.29) is 6.61 Å². The molecule has 0 spiro atoms. The summed E-state index contributed by atoms with van der Waals surface area (Å²) < 4.78 is 15.0. The van der Waals surface area contributed by atoms with Crippen LogP contribution >= 0.6 is 0 Å². The summed E-state index contributed by atoms with van der Waals surface area (Å²) >= 11 is 0. The molecule has 1 aromatic carbocycles. The monoisotopic (exact) mass is 293 g/mol. The molecule has 1 fully saturated rings. The fourth-order valence-corrected chi connectivity index (χ4v) is 2.32. The average Bonchev–Trinajstić information content (AvgIpc) is 3.02.